The smallest absolute Gasteiger partial charge is 0.224 e. The van der Waals surface area contributed by atoms with Gasteiger partial charge in [0.25, 0.3) is 0 Å². The van der Waals surface area contributed by atoms with Crippen LogP contribution in [-0.4, -0.2) is 11.8 Å². The molecule has 0 aliphatic rings. The highest BCUT2D eigenvalue weighted by Crippen LogP contribution is 2.13. The number of benzene rings is 1. The second kappa shape index (κ2) is 7.76. The summed E-state index contributed by atoms with van der Waals surface area (Å²) in [6, 6.07) is 5.71. The normalized spacial score (nSPS) is 12.3. The molecule has 4 nitrogen and oxygen atoms in total. The van der Waals surface area contributed by atoms with Gasteiger partial charge in [-0.15, -0.1) is 0 Å². The standard InChI is InChI=1S/C16H23FN2O2/c1-10(2)9-14(20)18-15(19-16(21)11(3)4)12-5-7-13(17)8-6-12/h5-8,10-11,15H,9H2,1-4H3,(H,18,20)(H,19,21)/t15-/m1/s1. The van der Waals surface area contributed by atoms with E-state index in [1.807, 2.05) is 13.8 Å². The molecule has 0 fully saturated rings. The van der Waals surface area contributed by atoms with Crippen molar-refractivity contribution in [1.82, 2.24) is 10.6 Å². The topological polar surface area (TPSA) is 58.2 Å². The van der Waals surface area contributed by atoms with Crippen LogP contribution in [0.25, 0.3) is 0 Å². The summed E-state index contributed by atoms with van der Waals surface area (Å²) in [4.78, 5) is 23.8. The van der Waals surface area contributed by atoms with Crippen LogP contribution in [0.2, 0.25) is 0 Å². The lowest BCUT2D eigenvalue weighted by molar-refractivity contribution is -0.126. The summed E-state index contributed by atoms with van der Waals surface area (Å²) in [5, 5.41) is 5.54. The highest BCUT2D eigenvalue weighted by atomic mass is 19.1. The molecule has 0 aliphatic carbocycles. The first-order valence-corrected chi connectivity index (χ1v) is 7.14. The molecule has 0 bridgehead atoms. The number of nitrogens with one attached hydrogen (secondary N) is 2. The summed E-state index contributed by atoms with van der Waals surface area (Å²) >= 11 is 0. The van der Waals surface area contributed by atoms with Gasteiger partial charge in [0.05, 0.1) is 0 Å². The second-order valence-corrected chi connectivity index (χ2v) is 5.81. The maximum atomic E-state index is 13.0. The van der Waals surface area contributed by atoms with Gasteiger partial charge in [0.15, 0.2) is 0 Å². The fourth-order valence-electron chi connectivity index (χ4n) is 1.76. The zero-order valence-electron chi connectivity index (χ0n) is 12.9. The highest BCUT2D eigenvalue weighted by Gasteiger charge is 2.19. The molecule has 1 atom stereocenters. The average molecular weight is 294 g/mol. The summed E-state index contributed by atoms with van der Waals surface area (Å²) in [5.41, 5.74) is 0.641. The van der Waals surface area contributed by atoms with Crippen LogP contribution in [-0.2, 0) is 9.59 Å². The predicted molar refractivity (Wildman–Crippen MR) is 79.7 cm³/mol. The van der Waals surface area contributed by atoms with E-state index in [-0.39, 0.29) is 29.5 Å². The number of carbonyl (C=O) groups is 2. The van der Waals surface area contributed by atoms with Crippen LogP contribution in [0.4, 0.5) is 4.39 Å². The molecule has 1 aromatic rings. The Hall–Kier alpha value is -1.91. The first-order valence-electron chi connectivity index (χ1n) is 7.14. The SMILES string of the molecule is CC(C)CC(=O)N[C@H](NC(=O)C(C)C)c1ccc(F)cc1. The third-order valence-electron chi connectivity index (χ3n) is 2.91. The molecule has 21 heavy (non-hydrogen) atoms. The van der Waals surface area contributed by atoms with E-state index in [0.717, 1.165) is 0 Å². The van der Waals surface area contributed by atoms with Gasteiger partial charge in [-0.3, -0.25) is 9.59 Å². The fraction of sp³-hybridized carbons (Fsp3) is 0.500. The third kappa shape index (κ3) is 5.94. The number of hydrogen-bond acceptors (Lipinski definition) is 2. The Kier molecular flexibility index (Phi) is 6.34. The van der Waals surface area contributed by atoms with E-state index < -0.39 is 6.17 Å². The van der Waals surface area contributed by atoms with Gasteiger partial charge in [0.2, 0.25) is 11.8 Å². The number of hydrogen-bond donors (Lipinski definition) is 2. The van der Waals surface area contributed by atoms with Gasteiger partial charge < -0.3 is 10.6 Å². The molecular weight excluding hydrogens is 271 g/mol. The van der Waals surface area contributed by atoms with Gasteiger partial charge in [-0.25, -0.2) is 4.39 Å². The predicted octanol–water partition coefficient (Wildman–Crippen LogP) is 2.76. The Morgan fingerprint density at radius 3 is 2.10 bits per heavy atom. The van der Waals surface area contributed by atoms with Gasteiger partial charge in [-0.05, 0) is 23.6 Å². The molecule has 2 amide bonds. The molecule has 0 saturated carbocycles. The number of amides is 2. The van der Waals surface area contributed by atoms with E-state index in [0.29, 0.717) is 12.0 Å². The van der Waals surface area contributed by atoms with Gasteiger partial charge in [-0.1, -0.05) is 39.8 Å². The number of rotatable bonds is 6. The molecular formula is C16H23FN2O2. The van der Waals surface area contributed by atoms with Crippen molar-refractivity contribution in [3.05, 3.63) is 35.6 Å². The largest absolute Gasteiger partial charge is 0.332 e. The lowest BCUT2D eigenvalue weighted by Gasteiger charge is -2.22. The van der Waals surface area contributed by atoms with Crippen LogP contribution < -0.4 is 10.6 Å². The average Bonchev–Trinajstić information content (AvgIpc) is 2.37. The number of halogens is 1. The minimum Gasteiger partial charge on any atom is -0.332 e. The van der Waals surface area contributed by atoms with Crippen LogP contribution in [0.15, 0.2) is 24.3 Å². The van der Waals surface area contributed by atoms with E-state index >= 15 is 0 Å². The summed E-state index contributed by atoms with van der Waals surface area (Å²) in [5.74, 6) is -0.659. The molecule has 1 aromatic carbocycles. The van der Waals surface area contributed by atoms with Crippen LogP contribution in [0, 0.1) is 17.7 Å². The molecule has 0 spiro atoms. The van der Waals surface area contributed by atoms with Crippen molar-refractivity contribution in [2.45, 2.75) is 40.3 Å². The lowest BCUT2D eigenvalue weighted by Crippen LogP contribution is -2.42. The van der Waals surface area contributed by atoms with Gasteiger partial charge >= 0.3 is 0 Å². The van der Waals surface area contributed by atoms with E-state index in [9.17, 15) is 14.0 Å². The Balaban J connectivity index is 2.86. The molecule has 0 aliphatic heterocycles. The Bertz CT molecular complexity index is 484. The van der Waals surface area contributed by atoms with E-state index in [1.54, 1.807) is 26.0 Å². The molecule has 0 radical (unpaired) electrons. The van der Waals surface area contributed by atoms with Crippen LogP contribution >= 0.6 is 0 Å². The Morgan fingerprint density at radius 1 is 1.05 bits per heavy atom. The quantitative estimate of drug-likeness (QED) is 0.793. The Morgan fingerprint density at radius 2 is 1.62 bits per heavy atom. The molecule has 0 unspecified atom stereocenters. The zero-order valence-corrected chi connectivity index (χ0v) is 12.9. The molecule has 2 N–H and O–H groups in total. The number of carbonyl (C=O) groups excluding carboxylic acids is 2. The van der Waals surface area contributed by atoms with Gasteiger partial charge in [-0.2, -0.15) is 0 Å². The fourth-order valence-corrected chi connectivity index (χ4v) is 1.76. The van der Waals surface area contributed by atoms with E-state index in [4.69, 9.17) is 0 Å². The van der Waals surface area contributed by atoms with E-state index in [2.05, 4.69) is 10.6 Å². The molecule has 5 heteroatoms. The zero-order chi connectivity index (χ0) is 16.0. The van der Waals surface area contributed by atoms with Crippen molar-refractivity contribution in [2.75, 3.05) is 0 Å². The van der Waals surface area contributed by atoms with Crippen molar-refractivity contribution < 1.29 is 14.0 Å². The van der Waals surface area contributed by atoms with Crippen LogP contribution in [0.5, 0.6) is 0 Å². The molecule has 116 valence electrons. The summed E-state index contributed by atoms with van der Waals surface area (Å²) in [6.45, 7) is 7.43. The minimum absolute atomic E-state index is 0.150. The second-order valence-electron chi connectivity index (χ2n) is 5.81. The van der Waals surface area contributed by atoms with Gasteiger partial charge in [0, 0.05) is 12.3 Å². The van der Waals surface area contributed by atoms with Crippen molar-refractivity contribution in [1.29, 1.82) is 0 Å². The molecule has 0 heterocycles. The van der Waals surface area contributed by atoms with Crippen molar-refractivity contribution in [3.8, 4) is 0 Å². The maximum absolute atomic E-state index is 13.0. The van der Waals surface area contributed by atoms with Crippen LogP contribution in [0.3, 0.4) is 0 Å². The first kappa shape index (κ1) is 17.1. The minimum atomic E-state index is -0.647. The van der Waals surface area contributed by atoms with Crippen molar-refractivity contribution >= 4 is 11.8 Å². The summed E-state index contributed by atoms with van der Waals surface area (Å²) in [6.07, 6.45) is -0.276. The molecule has 0 aromatic heterocycles. The summed E-state index contributed by atoms with van der Waals surface area (Å²) in [7, 11) is 0. The van der Waals surface area contributed by atoms with Crippen LogP contribution in [0.1, 0.15) is 45.8 Å². The monoisotopic (exact) mass is 294 g/mol. The molecule has 1 rings (SSSR count). The van der Waals surface area contributed by atoms with Crippen molar-refractivity contribution in [3.63, 3.8) is 0 Å². The maximum Gasteiger partial charge on any atom is 0.224 e. The first-order chi connectivity index (χ1) is 9.79. The van der Waals surface area contributed by atoms with Gasteiger partial charge in [0.1, 0.15) is 12.0 Å². The van der Waals surface area contributed by atoms with Crippen molar-refractivity contribution in [2.24, 2.45) is 11.8 Å². The summed E-state index contributed by atoms with van der Waals surface area (Å²) < 4.78 is 13.0. The Labute approximate surface area is 125 Å². The molecule has 0 saturated heterocycles. The highest BCUT2D eigenvalue weighted by molar-refractivity contribution is 5.80. The third-order valence-corrected chi connectivity index (χ3v) is 2.91. The van der Waals surface area contributed by atoms with E-state index in [1.165, 1.54) is 12.1 Å². The lowest BCUT2D eigenvalue weighted by atomic mass is 10.1.